The van der Waals surface area contributed by atoms with Crippen molar-refractivity contribution in [3.63, 3.8) is 0 Å². The van der Waals surface area contributed by atoms with Crippen molar-refractivity contribution in [2.45, 2.75) is 32.0 Å². The Kier molecular flexibility index (Phi) is 5.35. The largest absolute Gasteiger partial charge is 0.479 e. The van der Waals surface area contributed by atoms with Gasteiger partial charge in [-0.05, 0) is 13.8 Å². The molecule has 11 heteroatoms. The van der Waals surface area contributed by atoms with Gasteiger partial charge in [-0.2, -0.15) is 18.3 Å². The summed E-state index contributed by atoms with van der Waals surface area (Å²) in [4.78, 5) is 33.8. The van der Waals surface area contributed by atoms with E-state index in [9.17, 15) is 27.6 Å². The molecule has 0 atom stereocenters. The molecular formula is C12H15F3N4O4. The zero-order chi connectivity index (χ0) is 17.8. The van der Waals surface area contributed by atoms with Gasteiger partial charge in [0.15, 0.2) is 5.54 Å². The monoisotopic (exact) mass is 336 g/mol. The molecule has 0 spiro atoms. The molecule has 0 aliphatic carbocycles. The average molecular weight is 336 g/mol. The fourth-order valence-corrected chi connectivity index (χ4v) is 1.40. The summed E-state index contributed by atoms with van der Waals surface area (Å²) in [7, 11) is 0. The molecule has 0 unspecified atom stereocenters. The van der Waals surface area contributed by atoms with Crippen LogP contribution >= 0.6 is 0 Å². The number of carboxylic acid groups (broad SMARTS) is 1. The third-order valence-corrected chi connectivity index (χ3v) is 2.77. The minimum Gasteiger partial charge on any atom is -0.479 e. The quantitative estimate of drug-likeness (QED) is 0.662. The van der Waals surface area contributed by atoms with Crippen molar-refractivity contribution in [2.24, 2.45) is 0 Å². The number of hydrogen-bond acceptors (Lipinski definition) is 4. The highest BCUT2D eigenvalue weighted by molar-refractivity contribution is 6.03. The molecule has 1 aromatic heterocycles. The van der Waals surface area contributed by atoms with Crippen LogP contribution in [0.5, 0.6) is 0 Å². The highest BCUT2D eigenvalue weighted by Gasteiger charge is 2.30. The number of rotatable bonds is 6. The van der Waals surface area contributed by atoms with Crippen LogP contribution in [0.3, 0.4) is 0 Å². The fraction of sp³-hybridized carbons (Fsp3) is 0.500. The third-order valence-electron chi connectivity index (χ3n) is 2.77. The Morgan fingerprint density at radius 3 is 2.39 bits per heavy atom. The molecule has 23 heavy (non-hydrogen) atoms. The van der Waals surface area contributed by atoms with Crippen molar-refractivity contribution in [1.29, 1.82) is 0 Å². The molecule has 0 radical (unpaired) electrons. The summed E-state index contributed by atoms with van der Waals surface area (Å²) in [6.45, 7) is 1.25. The van der Waals surface area contributed by atoms with E-state index in [-0.39, 0.29) is 5.69 Å². The van der Waals surface area contributed by atoms with E-state index >= 15 is 0 Å². The molecule has 1 heterocycles. The maximum atomic E-state index is 11.9. The summed E-state index contributed by atoms with van der Waals surface area (Å²) in [6, 6.07) is 0. The van der Waals surface area contributed by atoms with E-state index in [2.05, 4.69) is 10.4 Å². The summed E-state index contributed by atoms with van der Waals surface area (Å²) in [5.74, 6) is -3.08. The number of carbonyl (C=O) groups is 3. The van der Waals surface area contributed by atoms with Gasteiger partial charge in [0.05, 0.1) is 11.9 Å². The first-order chi connectivity index (χ1) is 10.4. The number of carbonyl (C=O) groups excluding carboxylic acids is 2. The van der Waals surface area contributed by atoms with Crippen LogP contribution in [-0.2, 0) is 19.9 Å². The third kappa shape index (κ3) is 5.60. The van der Waals surface area contributed by atoms with Gasteiger partial charge in [0.1, 0.15) is 13.0 Å². The lowest BCUT2D eigenvalue weighted by atomic mass is 10.1. The topological polar surface area (TPSA) is 113 Å². The number of nitrogens with zero attached hydrogens (tertiary/aromatic N) is 2. The van der Waals surface area contributed by atoms with Gasteiger partial charge in [0, 0.05) is 6.20 Å². The average Bonchev–Trinajstić information content (AvgIpc) is 2.84. The van der Waals surface area contributed by atoms with E-state index in [0.717, 1.165) is 10.9 Å². The Morgan fingerprint density at radius 1 is 1.26 bits per heavy atom. The number of aromatic nitrogens is 2. The van der Waals surface area contributed by atoms with Crippen LogP contribution in [0.15, 0.2) is 12.4 Å². The lowest BCUT2D eigenvalue weighted by Gasteiger charge is -2.19. The number of carboxylic acids is 1. The maximum absolute atomic E-state index is 11.9. The van der Waals surface area contributed by atoms with Gasteiger partial charge in [0.2, 0.25) is 11.8 Å². The first-order valence-electron chi connectivity index (χ1n) is 6.33. The van der Waals surface area contributed by atoms with Crippen molar-refractivity contribution >= 4 is 23.5 Å². The molecule has 8 nitrogen and oxygen atoms in total. The molecule has 0 aliphatic rings. The van der Waals surface area contributed by atoms with Crippen LogP contribution in [0.2, 0.25) is 0 Å². The lowest BCUT2D eigenvalue weighted by molar-refractivity contribution is -0.146. The summed E-state index contributed by atoms with van der Waals surface area (Å²) in [6.07, 6.45) is -2.96. The van der Waals surface area contributed by atoms with Crippen molar-refractivity contribution in [3.8, 4) is 0 Å². The number of hydrogen-bond donors (Lipinski definition) is 3. The first-order valence-corrected chi connectivity index (χ1v) is 6.33. The van der Waals surface area contributed by atoms with E-state index in [1.807, 2.05) is 0 Å². The number of anilines is 1. The highest BCUT2D eigenvalue weighted by atomic mass is 19.4. The zero-order valence-corrected chi connectivity index (χ0v) is 12.3. The Bertz CT molecular complexity index is 610. The van der Waals surface area contributed by atoms with Crippen LogP contribution in [0.25, 0.3) is 0 Å². The lowest BCUT2D eigenvalue weighted by Crippen LogP contribution is -2.36. The van der Waals surface area contributed by atoms with Crippen molar-refractivity contribution in [1.82, 2.24) is 15.1 Å². The molecule has 0 bridgehead atoms. The molecule has 128 valence electrons. The summed E-state index contributed by atoms with van der Waals surface area (Å²) in [5, 5.41) is 16.6. The minimum absolute atomic E-state index is 0.118. The second-order valence-electron chi connectivity index (χ2n) is 5.15. The van der Waals surface area contributed by atoms with E-state index in [4.69, 9.17) is 5.11 Å². The molecule has 0 fully saturated rings. The van der Waals surface area contributed by atoms with E-state index < -0.39 is 42.5 Å². The Hall–Kier alpha value is -2.59. The van der Waals surface area contributed by atoms with Crippen molar-refractivity contribution in [3.05, 3.63) is 12.4 Å². The summed E-state index contributed by atoms with van der Waals surface area (Å²) < 4.78 is 36.8. The highest BCUT2D eigenvalue weighted by Crippen LogP contribution is 2.17. The second kappa shape index (κ2) is 6.67. The number of halogens is 3. The SMILES string of the molecule is CC(C)(C(=O)O)n1cc(NC(=O)CC(=O)NCC(F)(F)F)cn1. The number of nitrogens with one attached hydrogen (secondary N) is 2. The number of aliphatic carboxylic acids is 1. The van der Waals surface area contributed by atoms with Gasteiger partial charge in [-0.3, -0.25) is 14.3 Å². The van der Waals surface area contributed by atoms with Crippen LogP contribution in [-0.4, -0.2) is 45.4 Å². The molecule has 2 amide bonds. The van der Waals surface area contributed by atoms with Crippen molar-refractivity contribution in [2.75, 3.05) is 11.9 Å². The van der Waals surface area contributed by atoms with Gasteiger partial charge in [-0.25, -0.2) is 4.79 Å². The predicted octanol–water partition coefficient (Wildman–Crippen LogP) is 0.710. The number of amides is 2. The summed E-state index contributed by atoms with van der Waals surface area (Å²) >= 11 is 0. The Morgan fingerprint density at radius 2 is 1.87 bits per heavy atom. The van der Waals surface area contributed by atoms with E-state index in [0.29, 0.717) is 0 Å². The molecule has 3 N–H and O–H groups in total. The molecule has 1 rings (SSSR count). The first kappa shape index (κ1) is 18.5. The van der Waals surface area contributed by atoms with E-state index in [1.54, 1.807) is 5.32 Å². The second-order valence-corrected chi connectivity index (χ2v) is 5.15. The molecule has 0 aromatic carbocycles. The fourth-order valence-electron chi connectivity index (χ4n) is 1.40. The van der Waals surface area contributed by atoms with Crippen molar-refractivity contribution < 1.29 is 32.7 Å². The van der Waals surface area contributed by atoms with Gasteiger partial charge in [-0.1, -0.05) is 0 Å². The molecule has 1 aromatic rings. The predicted molar refractivity (Wildman–Crippen MR) is 71.5 cm³/mol. The molecule has 0 aliphatic heterocycles. The van der Waals surface area contributed by atoms with E-state index in [1.165, 1.54) is 20.0 Å². The smallest absolute Gasteiger partial charge is 0.405 e. The van der Waals surface area contributed by atoms with Gasteiger partial charge in [0.25, 0.3) is 0 Å². The standard InChI is InChI=1S/C12H15F3N4O4/c1-11(2,10(22)23)19-5-7(4-17-19)18-9(21)3-8(20)16-6-12(13,14)15/h4-5H,3,6H2,1-2H3,(H,16,20)(H,18,21)(H,22,23). The maximum Gasteiger partial charge on any atom is 0.405 e. The van der Waals surface area contributed by atoms with Crippen LogP contribution < -0.4 is 10.6 Å². The molecule has 0 saturated carbocycles. The summed E-state index contributed by atoms with van der Waals surface area (Å²) in [5.41, 5.74) is -1.24. The van der Waals surface area contributed by atoms with Gasteiger partial charge < -0.3 is 15.7 Å². The van der Waals surface area contributed by atoms with Crippen LogP contribution in [0.1, 0.15) is 20.3 Å². The van der Waals surface area contributed by atoms with Gasteiger partial charge in [-0.15, -0.1) is 0 Å². The van der Waals surface area contributed by atoms with Crippen LogP contribution in [0, 0.1) is 0 Å². The molecular weight excluding hydrogens is 321 g/mol. The van der Waals surface area contributed by atoms with Gasteiger partial charge >= 0.3 is 12.1 Å². The number of alkyl halides is 3. The van der Waals surface area contributed by atoms with Crippen LogP contribution in [0.4, 0.5) is 18.9 Å². The molecule has 0 saturated heterocycles. The normalized spacial score (nSPS) is 11.9. The zero-order valence-electron chi connectivity index (χ0n) is 12.3. The minimum atomic E-state index is -4.56. The Balaban J connectivity index is 2.57. The Labute approximate surface area is 128 Å².